The maximum atomic E-state index is 11.3. The molecular formula is C7H7IN2O3S. The molecule has 0 bridgehead atoms. The van der Waals surface area contributed by atoms with Crippen molar-refractivity contribution in [2.75, 3.05) is 6.26 Å². The fourth-order valence-electron chi connectivity index (χ4n) is 0.763. The highest BCUT2D eigenvalue weighted by Gasteiger charge is 2.11. The lowest BCUT2D eigenvalue weighted by atomic mass is 10.3. The lowest BCUT2D eigenvalue weighted by Gasteiger charge is -2.01. The smallest absolute Gasteiger partial charge is 0.266 e. The lowest BCUT2D eigenvalue weighted by Crippen LogP contribution is -2.29. The Balaban J connectivity index is 2.91. The van der Waals surface area contributed by atoms with Crippen LogP contribution in [0.3, 0.4) is 0 Å². The van der Waals surface area contributed by atoms with E-state index in [1.165, 1.54) is 6.20 Å². The molecule has 1 amide bonds. The number of hydrogen-bond donors (Lipinski definition) is 1. The van der Waals surface area contributed by atoms with Gasteiger partial charge >= 0.3 is 0 Å². The fraction of sp³-hybridized carbons (Fsp3) is 0.143. The molecule has 0 aliphatic carbocycles. The number of carbonyl (C=O) groups is 1. The number of rotatable bonds is 2. The van der Waals surface area contributed by atoms with Crippen LogP contribution in [-0.2, 0) is 10.0 Å². The second-order valence-electron chi connectivity index (χ2n) is 2.60. The van der Waals surface area contributed by atoms with E-state index in [1.807, 2.05) is 27.3 Å². The molecule has 0 aromatic carbocycles. The monoisotopic (exact) mass is 326 g/mol. The van der Waals surface area contributed by atoms with Crippen LogP contribution in [0.5, 0.6) is 0 Å². The zero-order valence-electron chi connectivity index (χ0n) is 7.19. The fourth-order valence-corrected chi connectivity index (χ4v) is 1.71. The Hall–Kier alpha value is -0.700. The first-order valence-electron chi connectivity index (χ1n) is 3.51. The van der Waals surface area contributed by atoms with Crippen LogP contribution >= 0.6 is 22.6 Å². The summed E-state index contributed by atoms with van der Waals surface area (Å²) in [5.41, 5.74) is 0.224. The van der Waals surface area contributed by atoms with Crippen molar-refractivity contribution in [3.05, 3.63) is 27.6 Å². The molecule has 0 saturated carbocycles. The third kappa shape index (κ3) is 3.58. The van der Waals surface area contributed by atoms with Crippen molar-refractivity contribution in [2.24, 2.45) is 0 Å². The Morgan fingerprint density at radius 2 is 2.14 bits per heavy atom. The standard InChI is InChI=1S/C7H7IN2O3S/c1-14(12,13)10-7(11)5-2-6(8)4-9-3-5/h2-4H,1H3,(H,10,11). The lowest BCUT2D eigenvalue weighted by molar-refractivity contribution is 0.0981. The second-order valence-corrected chi connectivity index (χ2v) is 5.59. The van der Waals surface area contributed by atoms with Gasteiger partial charge in [-0.1, -0.05) is 0 Å². The van der Waals surface area contributed by atoms with Crippen molar-refractivity contribution in [3.8, 4) is 0 Å². The van der Waals surface area contributed by atoms with Crippen LogP contribution in [0.25, 0.3) is 0 Å². The van der Waals surface area contributed by atoms with E-state index in [0.29, 0.717) is 0 Å². The van der Waals surface area contributed by atoms with Crippen LogP contribution in [0.15, 0.2) is 18.5 Å². The Bertz CT molecular complexity index is 458. The molecule has 0 saturated heterocycles. The summed E-state index contributed by atoms with van der Waals surface area (Å²) in [7, 11) is -3.51. The van der Waals surface area contributed by atoms with Crippen molar-refractivity contribution >= 4 is 38.5 Å². The van der Waals surface area contributed by atoms with E-state index in [4.69, 9.17) is 0 Å². The molecule has 0 spiro atoms. The molecule has 14 heavy (non-hydrogen) atoms. The van der Waals surface area contributed by atoms with Crippen LogP contribution in [0, 0.1) is 3.57 Å². The van der Waals surface area contributed by atoms with Gasteiger partial charge in [0, 0.05) is 16.0 Å². The van der Waals surface area contributed by atoms with E-state index >= 15 is 0 Å². The first-order valence-corrected chi connectivity index (χ1v) is 6.48. The third-order valence-corrected chi connectivity index (χ3v) is 2.39. The average molecular weight is 326 g/mol. The Labute approximate surface area is 95.1 Å². The van der Waals surface area contributed by atoms with Crippen molar-refractivity contribution in [2.45, 2.75) is 0 Å². The van der Waals surface area contributed by atoms with E-state index in [1.54, 1.807) is 12.3 Å². The van der Waals surface area contributed by atoms with Gasteiger partial charge in [-0.15, -0.1) is 0 Å². The third-order valence-electron chi connectivity index (χ3n) is 1.25. The van der Waals surface area contributed by atoms with E-state index in [-0.39, 0.29) is 5.56 Å². The molecule has 76 valence electrons. The van der Waals surface area contributed by atoms with E-state index in [2.05, 4.69) is 4.98 Å². The minimum Gasteiger partial charge on any atom is -0.268 e. The zero-order valence-corrected chi connectivity index (χ0v) is 10.2. The van der Waals surface area contributed by atoms with Crippen molar-refractivity contribution < 1.29 is 13.2 Å². The van der Waals surface area contributed by atoms with Crippen LogP contribution < -0.4 is 4.72 Å². The number of halogens is 1. The molecule has 0 fully saturated rings. The summed E-state index contributed by atoms with van der Waals surface area (Å²) in [5.74, 6) is -0.668. The minimum atomic E-state index is -3.51. The average Bonchev–Trinajstić information content (AvgIpc) is 2.01. The first kappa shape index (κ1) is 11.4. The Kier molecular flexibility index (Phi) is 3.43. The number of sulfonamides is 1. The summed E-state index contributed by atoms with van der Waals surface area (Å²) >= 11 is 1.98. The van der Waals surface area contributed by atoms with Crippen LogP contribution in [0.2, 0.25) is 0 Å². The highest BCUT2D eigenvalue weighted by molar-refractivity contribution is 14.1. The molecule has 0 atom stereocenters. The predicted octanol–water partition coefficient (Wildman–Crippen LogP) is 0.376. The van der Waals surface area contributed by atoms with E-state index in [0.717, 1.165) is 9.83 Å². The van der Waals surface area contributed by atoms with Gasteiger partial charge in [-0.25, -0.2) is 13.1 Å². The summed E-state index contributed by atoms with van der Waals surface area (Å²) in [6.45, 7) is 0. The van der Waals surface area contributed by atoms with Gasteiger partial charge in [0.2, 0.25) is 10.0 Å². The van der Waals surface area contributed by atoms with Gasteiger partial charge in [-0.05, 0) is 28.7 Å². The Morgan fingerprint density at radius 1 is 1.50 bits per heavy atom. The first-order chi connectivity index (χ1) is 6.38. The number of amides is 1. The molecule has 0 aliphatic heterocycles. The SMILES string of the molecule is CS(=O)(=O)NC(=O)c1cncc(I)c1. The molecule has 0 unspecified atom stereocenters. The summed E-state index contributed by atoms with van der Waals surface area (Å²) < 4.78 is 24.1. The van der Waals surface area contributed by atoms with Gasteiger partial charge < -0.3 is 0 Å². The molecule has 0 radical (unpaired) electrons. The molecule has 0 aliphatic rings. The summed E-state index contributed by atoms with van der Waals surface area (Å²) in [5, 5.41) is 0. The molecule has 7 heteroatoms. The van der Waals surface area contributed by atoms with Crippen LogP contribution in [0.1, 0.15) is 10.4 Å². The van der Waals surface area contributed by atoms with Gasteiger partial charge in [-0.3, -0.25) is 9.78 Å². The van der Waals surface area contributed by atoms with Gasteiger partial charge in [-0.2, -0.15) is 0 Å². The zero-order chi connectivity index (χ0) is 10.8. The topological polar surface area (TPSA) is 76.1 Å². The molecular weight excluding hydrogens is 319 g/mol. The van der Waals surface area contributed by atoms with Gasteiger partial charge in [0.25, 0.3) is 5.91 Å². The van der Waals surface area contributed by atoms with E-state index < -0.39 is 15.9 Å². The van der Waals surface area contributed by atoms with Gasteiger partial charge in [0.15, 0.2) is 0 Å². The van der Waals surface area contributed by atoms with Crippen LogP contribution in [0.4, 0.5) is 0 Å². The normalized spacial score (nSPS) is 11.0. The summed E-state index contributed by atoms with van der Waals surface area (Å²) in [6.07, 6.45) is 3.80. The number of hydrogen-bond acceptors (Lipinski definition) is 4. The molecule has 5 nitrogen and oxygen atoms in total. The van der Waals surface area contributed by atoms with Crippen molar-refractivity contribution in [1.29, 1.82) is 0 Å². The number of carbonyl (C=O) groups excluding carboxylic acids is 1. The number of pyridine rings is 1. The predicted molar refractivity (Wildman–Crippen MR) is 59.3 cm³/mol. The molecule has 1 heterocycles. The highest BCUT2D eigenvalue weighted by atomic mass is 127. The quantitative estimate of drug-likeness (QED) is 0.797. The second kappa shape index (κ2) is 4.22. The van der Waals surface area contributed by atoms with Crippen molar-refractivity contribution in [1.82, 2.24) is 9.71 Å². The van der Waals surface area contributed by atoms with Crippen molar-refractivity contribution in [3.63, 3.8) is 0 Å². The van der Waals surface area contributed by atoms with Gasteiger partial charge in [0.05, 0.1) is 11.8 Å². The minimum absolute atomic E-state index is 0.224. The molecule has 1 rings (SSSR count). The number of nitrogens with one attached hydrogen (secondary N) is 1. The largest absolute Gasteiger partial charge is 0.268 e. The summed E-state index contributed by atoms with van der Waals surface area (Å²) in [4.78, 5) is 15.1. The maximum absolute atomic E-state index is 11.3. The number of nitrogens with zero attached hydrogens (tertiary/aromatic N) is 1. The van der Waals surface area contributed by atoms with E-state index in [9.17, 15) is 13.2 Å². The summed E-state index contributed by atoms with van der Waals surface area (Å²) in [6, 6.07) is 1.55. The molecule has 1 N–H and O–H groups in total. The number of aromatic nitrogens is 1. The Morgan fingerprint density at radius 3 is 2.64 bits per heavy atom. The highest BCUT2D eigenvalue weighted by Crippen LogP contribution is 2.05. The maximum Gasteiger partial charge on any atom is 0.266 e. The molecule has 1 aromatic rings. The van der Waals surface area contributed by atoms with Gasteiger partial charge in [0.1, 0.15) is 0 Å². The van der Waals surface area contributed by atoms with Crippen LogP contribution in [-0.4, -0.2) is 25.6 Å². The molecule has 1 aromatic heterocycles.